The molecule has 4 N–H and O–H groups in total. The van der Waals surface area contributed by atoms with Gasteiger partial charge in [0.15, 0.2) is 5.96 Å². The molecule has 4 nitrogen and oxygen atoms in total. The van der Waals surface area contributed by atoms with Gasteiger partial charge >= 0.3 is 0 Å². The first-order valence-electron chi connectivity index (χ1n) is 6.47. The molecule has 17 heavy (non-hydrogen) atoms. The van der Waals surface area contributed by atoms with E-state index in [-0.39, 0.29) is 17.6 Å². The van der Waals surface area contributed by atoms with Crippen LogP contribution in [0.2, 0.25) is 0 Å². The van der Waals surface area contributed by atoms with Crippen molar-refractivity contribution in [3.05, 3.63) is 0 Å². The topological polar surface area (TPSA) is 70.6 Å². The third-order valence-electron chi connectivity index (χ3n) is 3.23. The molecule has 0 aliphatic carbocycles. The number of nitrogens with one attached hydrogen (secondary N) is 1. The number of aliphatic imine (C=N–C) groups is 1. The Labute approximate surface area is 106 Å². The molecule has 0 spiro atoms. The Morgan fingerprint density at radius 3 is 2.12 bits per heavy atom. The molecular weight excluding hydrogens is 214 g/mol. The highest BCUT2D eigenvalue weighted by Crippen LogP contribution is 2.30. The predicted molar refractivity (Wildman–Crippen MR) is 74.1 cm³/mol. The SMILES string of the molecule is CCC(CC)(CCO)CN=C(N)NC(C)(C)C. The number of rotatable bonds is 6. The first-order valence-corrected chi connectivity index (χ1v) is 6.47. The van der Waals surface area contributed by atoms with Crippen molar-refractivity contribution < 1.29 is 5.11 Å². The molecule has 4 heteroatoms. The van der Waals surface area contributed by atoms with Crippen molar-refractivity contribution in [3.63, 3.8) is 0 Å². The van der Waals surface area contributed by atoms with Gasteiger partial charge < -0.3 is 16.2 Å². The smallest absolute Gasteiger partial charge is 0.189 e. The number of guanidine groups is 1. The largest absolute Gasteiger partial charge is 0.396 e. The molecular formula is C13H29N3O. The van der Waals surface area contributed by atoms with E-state index in [1.54, 1.807) is 0 Å². The summed E-state index contributed by atoms with van der Waals surface area (Å²) in [7, 11) is 0. The second-order valence-electron chi connectivity index (χ2n) is 5.76. The lowest BCUT2D eigenvalue weighted by molar-refractivity contribution is 0.175. The van der Waals surface area contributed by atoms with Crippen LogP contribution >= 0.6 is 0 Å². The summed E-state index contributed by atoms with van der Waals surface area (Å²) in [5.74, 6) is 0.488. The lowest BCUT2D eigenvalue weighted by atomic mass is 9.79. The summed E-state index contributed by atoms with van der Waals surface area (Å²) in [6.45, 7) is 11.3. The minimum absolute atomic E-state index is 0.0638. The van der Waals surface area contributed by atoms with E-state index in [0.29, 0.717) is 12.5 Å². The van der Waals surface area contributed by atoms with Crippen molar-refractivity contribution >= 4 is 5.96 Å². The molecule has 0 unspecified atom stereocenters. The number of nitrogens with two attached hydrogens (primary N) is 1. The molecule has 0 saturated heterocycles. The summed E-state index contributed by atoms with van der Waals surface area (Å²) in [5, 5.41) is 12.3. The lowest BCUT2D eigenvalue weighted by Crippen LogP contribution is -2.45. The number of hydrogen-bond donors (Lipinski definition) is 3. The zero-order valence-corrected chi connectivity index (χ0v) is 12.0. The molecule has 0 fully saturated rings. The van der Waals surface area contributed by atoms with E-state index in [0.717, 1.165) is 19.3 Å². The Morgan fingerprint density at radius 2 is 1.76 bits per heavy atom. The third kappa shape index (κ3) is 6.51. The van der Waals surface area contributed by atoms with Crippen LogP contribution in [0.3, 0.4) is 0 Å². The van der Waals surface area contributed by atoms with E-state index in [4.69, 9.17) is 10.8 Å². The zero-order valence-electron chi connectivity index (χ0n) is 12.0. The first kappa shape index (κ1) is 16.2. The standard InChI is InChI=1S/C13H29N3O/c1-6-13(7-2,8-9-17)10-15-11(14)16-12(3,4)5/h17H,6-10H2,1-5H3,(H3,14,15,16). The van der Waals surface area contributed by atoms with Gasteiger partial charge in [-0.1, -0.05) is 13.8 Å². The quantitative estimate of drug-likeness (QED) is 0.493. The number of aliphatic hydroxyl groups excluding tert-OH is 1. The Kier molecular flexibility index (Phi) is 6.53. The molecule has 0 aromatic rings. The predicted octanol–water partition coefficient (Wildman–Crippen LogP) is 1.88. The second-order valence-corrected chi connectivity index (χ2v) is 5.76. The van der Waals surface area contributed by atoms with Gasteiger partial charge in [0.2, 0.25) is 0 Å². The first-order chi connectivity index (χ1) is 7.78. The fourth-order valence-corrected chi connectivity index (χ4v) is 1.82. The summed E-state index contributed by atoms with van der Waals surface area (Å²) < 4.78 is 0. The molecule has 0 amide bonds. The van der Waals surface area contributed by atoms with Gasteiger partial charge in [-0.25, -0.2) is 0 Å². The minimum atomic E-state index is -0.0638. The average Bonchev–Trinajstić information content (AvgIpc) is 2.22. The van der Waals surface area contributed by atoms with E-state index >= 15 is 0 Å². The second kappa shape index (κ2) is 6.84. The van der Waals surface area contributed by atoms with Crippen LogP contribution in [0.4, 0.5) is 0 Å². The van der Waals surface area contributed by atoms with Crippen LogP contribution < -0.4 is 11.1 Å². The Morgan fingerprint density at radius 1 is 1.24 bits per heavy atom. The van der Waals surface area contributed by atoms with Crippen LogP contribution in [0, 0.1) is 5.41 Å². The van der Waals surface area contributed by atoms with Gasteiger partial charge in [0.05, 0.1) is 0 Å². The van der Waals surface area contributed by atoms with E-state index in [2.05, 4.69) is 44.9 Å². The van der Waals surface area contributed by atoms with Gasteiger partial charge in [-0.3, -0.25) is 4.99 Å². The van der Waals surface area contributed by atoms with Crippen molar-refractivity contribution in [1.82, 2.24) is 5.32 Å². The summed E-state index contributed by atoms with van der Waals surface area (Å²) in [6, 6.07) is 0. The maximum atomic E-state index is 9.12. The highest BCUT2D eigenvalue weighted by molar-refractivity contribution is 5.78. The maximum absolute atomic E-state index is 9.12. The maximum Gasteiger partial charge on any atom is 0.189 e. The third-order valence-corrected chi connectivity index (χ3v) is 3.23. The van der Waals surface area contributed by atoms with Crippen molar-refractivity contribution in [2.45, 2.75) is 59.4 Å². The Hall–Kier alpha value is -0.770. The number of hydrogen-bond acceptors (Lipinski definition) is 2. The van der Waals surface area contributed by atoms with E-state index in [9.17, 15) is 0 Å². The van der Waals surface area contributed by atoms with Crippen LogP contribution in [0.15, 0.2) is 4.99 Å². The van der Waals surface area contributed by atoms with Crippen LogP contribution in [0.25, 0.3) is 0 Å². The molecule has 0 saturated carbocycles. The molecule has 102 valence electrons. The van der Waals surface area contributed by atoms with Crippen molar-refractivity contribution in [3.8, 4) is 0 Å². The number of nitrogens with zero attached hydrogens (tertiary/aromatic N) is 1. The molecule has 0 atom stereocenters. The zero-order chi connectivity index (χ0) is 13.5. The van der Waals surface area contributed by atoms with Crippen LogP contribution in [-0.2, 0) is 0 Å². The highest BCUT2D eigenvalue weighted by Gasteiger charge is 2.25. The summed E-state index contributed by atoms with van der Waals surface area (Å²) in [6.07, 6.45) is 2.80. The summed E-state index contributed by atoms with van der Waals surface area (Å²) in [5.41, 5.74) is 5.87. The van der Waals surface area contributed by atoms with E-state index in [1.165, 1.54) is 0 Å². The molecule has 0 bridgehead atoms. The van der Waals surface area contributed by atoms with E-state index < -0.39 is 0 Å². The van der Waals surface area contributed by atoms with Crippen molar-refractivity contribution in [2.75, 3.05) is 13.2 Å². The fraction of sp³-hybridized carbons (Fsp3) is 0.923. The molecule has 0 heterocycles. The van der Waals surface area contributed by atoms with Gasteiger partial charge in [0.25, 0.3) is 0 Å². The van der Waals surface area contributed by atoms with E-state index in [1.807, 2.05) is 0 Å². The van der Waals surface area contributed by atoms with Crippen molar-refractivity contribution in [2.24, 2.45) is 16.1 Å². The monoisotopic (exact) mass is 243 g/mol. The van der Waals surface area contributed by atoms with Crippen LogP contribution in [-0.4, -0.2) is 29.8 Å². The minimum Gasteiger partial charge on any atom is -0.396 e. The van der Waals surface area contributed by atoms with Gasteiger partial charge in [-0.05, 0) is 45.4 Å². The van der Waals surface area contributed by atoms with Crippen LogP contribution in [0.1, 0.15) is 53.9 Å². The summed E-state index contributed by atoms with van der Waals surface area (Å²) >= 11 is 0. The molecule has 0 aromatic heterocycles. The van der Waals surface area contributed by atoms with Gasteiger partial charge in [-0.2, -0.15) is 0 Å². The normalized spacial score (nSPS) is 13.9. The highest BCUT2D eigenvalue weighted by atomic mass is 16.3. The molecule has 0 aliphatic heterocycles. The molecule has 0 aliphatic rings. The molecule has 0 aromatic carbocycles. The molecule has 0 radical (unpaired) electrons. The summed E-state index contributed by atoms with van der Waals surface area (Å²) in [4.78, 5) is 4.41. The average molecular weight is 243 g/mol. The molecule has 0 rings (SSSR count). The van der Waals surface area contributed by atoms with Crippen molar-refractivity contribution in [1.29, 1.82) is 0 Å². The van der Waals surface area contributed by atoms with Gasteiger partial charge in [-0.15, -0.1) is 0 Å². The van der Waals surface area contributed by atoms with Gasteiger partial charge in [0.1, 0.15) is 0 Å². The Bertz CT molecular complexity index is 240. The number of aliphatic hydroxyl groups is 1. The van der Waals surface area contributed by atoms with Gasteiger partial charge in [0, 0.05) is 18.7 Å². The lowest BCUT2D eigenvalue weighted by Gasteiger charge is -2.30. The van der Waals surface area contributed by atoms with Crippen LogP contribution in [0.5, 0.6) is 0 Å². The fourth-order valence-electron chi connectivity index (χ4n) is 1.82. The Balaban J connectivity index is 4.52.